The zero-order valence-electron chi connectivity index (χ0n) is 17.4. The minimum Gasteiger partial charge on any atom is -0.497 e. The van der Waals surface area contributed by atoms with Crippen molar-refractivity contribution in [3.63, 3.8) is 0 Å². The lowest BCUT2D eigenvalue weighted by Gasteiger charge is -2.12. The number of hydrogen-bond donors (Lipinski definition) is 1. The molecule has 0 radical (unpaired) electrons. The highest BCUT2D eigenvalue weighted by atomic mass is 16.5. The Bertz CT molecular complexity index is 993. The number of rotatable bonds is 9. The highest BCUT2D eigenvalue weighted by Gasteiger charge is 2.23. The van der Waals surface area contributed by atoms with E-state index in [0.29, 0.717) is 24.6 Å². The molecular formula is C24H27N3O3. The first-order chi connectivity index (χ1) is 14.6. The molecule has 1 saturated carbocycles. The van der Waals surface area contributed by atoms with E-state index in [2.05, 4.69) is 5.32 Å². The van der Waals surface area contributed by atoms with Crippen LogP contribution in [-0.4, -0.2) is 29.3 Å². The summed E-state index contributed by atoms with van der Waals surface area (Å²) >= 11 is 0. The van der Waals surface area contributed by atoms with Crippen LogP contribution in [0.15, 0.2) is 54.6 Å². The minimum absolute atomic E-state index is 0.0733. The average Bonchev–Trinajstić information content (AvgIpc) is 3.56. The van der Waals surface area contributed by atoms with Gasteiger partial charge < -0.3 is 14.8 Å². The number of ether oxygens (including phenoxy) is 2. The van der Waals surface area contributed by atoms with Crippen LogP contribution in [-0.2, 0) is 11.2 Å². The summed E-state index contributed by atoms with van der Waals surface area (Å²) in [6.07, 6.45) is 3.43. The van der Waals surface area contributed by atoms with E-state index in [1.807, 2.05) is 61.5 Å². The first kappa shape index (κ1) is 20.0. The molecule has 4 rings (SSSR count). The van der Waals surface area contributed by atoms with Gasteiger partial charge in [-0.1, -0.05) is 18.2 Å². The number of methoxy groups -OCH3 is 1. The van der Waals surface area contributed by atoms with Crippen molar-refractivity contribution >= 4 is 5.91 Å². The lowest BCUT2D eigenvalue weighted by Crippen LogP contribution is -2.25. The number of aromatic nitrogens is 2. The smallest absolute Gasteiger partial charge is 0.226 e. The van der Waals surface area contributed by atoms with Gasteiger partial charge in [0.1, 0.15) is 11.5 Å². The Hall–Kier alpha value is -3.28. The molecule has 6 heteroatoms. The van der Waals surface area contributed by atoms with Gasteiger partial charge in [0.05, 0.1) is 18.5 Å². The van der Waals surface area contributed by atoms with Crippen molar-refractivity contribution in [3.05, 3.63) is 65.9 Å². The van der Waals surface area contributed by atoms with Crippen LogP contribution >= 0.6 is 0 Å². The molecular weight excluding hydrogens is 378 g/mol. The molecule has 30 heavy (non-hydrogen) atoms. The normalized spacial score (nSPS) is 13.1. The summed E-state index contributed by atoms with van der Waals surface area (Å²) in [5.41, 5.74) is 2.66. The molecule has 1 N–H and O–H groups in total. The molecule has 0 aliphatic heterocycles. The van der Waals surface area contributed by atoms with E-state index in [1.54, 1.807) is 11.8 Å². The van der Waals surface area contributed by atoms with Crippen LogP contribution in [0.4, 0.5) is 0 Å². The molecule has 0 unspecified atom stereocenters. The van der Waals surface area contributed by atoms with Gasteiger partial charge in [0.15, 0.2) is 0 Å². The van der Waals surface area contributed by atoms with Crippen molar-refractivity contribution in [1.29, 1.82) is 0 Å². The lowest BCUT2D eigenvalue weighted by atomic mass is 10.1. The number of nitrogens with one attached hydrogen (secondary N) is 1. The molecule has 1 aliphatic carbocycles. The number of aryl methyl sites for hydroxylation is 1. The van der Waals surface area contributed by atoms with Crippen LogP contribution in [0.1, 0.15) is 30.5 Å². The summed E-state index contributed by atoms with van der Waals surface area (Å²) in [7, 11) is 1.64. The van der Waals surface area contributed by atoms with Gasteiger partial charge in [-0.2, -0.15) is 5.10 Å². The van der Waals surface area contributed by atoms with E-state index < -0.39 is 0 Å². The third-order valence-corrected chi connectivity index (χ3v) is 5.30. The predicted octanol–water partition coefficient (Wildman–Crippen LogP) is 4.44. The fraction of sp³-hybridized carbons (Fsp3) is 0.333. The standard InChI is InChI=1S/C24H27N3O3/c1-17-22(14-15-23(28)25-16-18-8-9-18)24(30-21-6-4-3-5-7-21)27(26-17)19-10-12-20(29-2)13-11-19/h3-7,10-13,18H,8-9,14-16H2,1-2H3,(H,25,28). The van der Waals surface area contributed by atoms with E-state index in [9.17, 15) is 4.79 Å². The van der Waals surface area contributed by atoms with Gasteiger partial charge in [-0.15, -0.1) is 0 Å². The van der Waals surface area contributed by atoms with Crippen molar-refractivity contribution < 1.29 is 14.3 Å². The largest absolute Gasteiger partial charge is 0.497 e. The Labute approximate surface area is 176 Å². The zero-order chi connectivity index (χ0) is 20.9. The van der Waals surface area contributed by atoms with Crippen LogP contribution in [0, 0.1) is 12.8 Å². The molecule has 1 aromatic heterocycles. The molecule has 0 bridgehead atoms. The maximum atomic E-state index is 12.3. The van der Waals surface area contributed by atoms with E-state index in [0.717, 1.165) is 35.0 Å². The summed E-state index contributed by atoms with van der Waals surface area (Å²) < 4.78 is 13.3. The molecule has 1 amide bonds. The number of carbonyl (C=O) groups is 1. The van der Waals surface area contributed by atoms with Gasteiger partial charge in [0.25, 0.3) is 0 Å². The molecule has 156 valence electrons. The molecule has 3 aromatic rings. The monoisotopic (exact) mass is 405 g/mol. The predicted molar refractivity (Wildman–Crippen MR) is 115 cm³/mol. The van der Waals surface area contributed by atoms with Crippen LogP contribution in [0.5, 0.6) is 17.4 Å². The number of benzene rings is 2. The highest BCUT2D eigenvalue weighted by Crippen LogP contribution is 2.32. The quantitative estimate of drug-likeness (QED) is 0.572. The van der Waals surface area contributed by atoms with Gasteiger partial charge in [0, 0.05) is 18.5 Å². The number of carbonyl (C=O) groups excluding carboxylic acids is 1. The second-order valence-electron chi connectivity index (χ2n) is 7.64. The Kier molecular flexibility index (Phi) is 6.02. The number of nitrogens with zero attached hydrogens (tertiary/aromatic N) is 2. The molecule has 0 atom stereocenters. The molecule has 0 spiro atoms. The van der Waals surface area contributed by atoms with Crippen LogP contribution in [0.2, 0.25) is 0 Å². The van der Waals surface area contributed by atoms with Gasteiger partial charge in [-0.3, -0.25) is 4.79 Å². The van der Waals surface area contributed by atoms with Crippen molar-refractivity contribution in [3.8, 4) is 23.1 Å². The molecule has 0 saturated heterocycles. The first-order valence-corrected chi connectivity index (χ1v) is 10.4. The van der Waals surface area contributed by atoms with Gasteiger partial charge in [0.2, 0.25) is 11.8 Å². The second-order valence-corrected chi connectivity index (χ2v) is 7.64. The Balaban J connectivity index is 1.60. The van der Waals surface area contributed by atoms with E-state index in [4.69, 9.17) is 14.6 Å². The lowest BCUT2D eigenvalue weighted by molar-refractivity contribution is -0.121. The fourth-order valence-electron chi connectivity index (χ4n) is 3.34. The van der Waals surface area contributed by atoms with Gasteiger partial charge >= 0.3 is 0 Å². The number of para-hydroxylation sites is 1. The number of amides is 1. The average molecular weight is 405 g/mol. The molecule has 1 aliphatic rings. The second kappa shape index (κ2) is 9.03. The van der Waals surface area contributed by atoms with Crippen LogP contribution in [0.25, 0.3) is 5.69 Å². The highest BCUT2D eigenvalue weighted by molar-refractivity contribution is 5.76. The first-order valence-electron chi connectivity index (χ1n) is 10.4. The van der Waals surface area contributed by atoms with Crippen molar-refractivity contribution in [1.82, 2.24) is 15.1 Å². The summed E-state index contributed by atoms with van der Waals surface area (Å²) in [5.74, 6) is 2.89. The zero-order valence-corrected chi connectivity index (χ0v) is 17.4. The summed E-state index contributed by atoms with van der Waals surface area (Å²) in [4.78, 5) is 12.3. The molecule has 6 nitrogen and oxygen atoms in total. The van der Waals surface area contributed by atoms with Crippen LogP contribution < -0.4 is 14.8 Å². The van der Waals surface area contributed by atoms with Crippen molar-refractivity contribution in [2.75, 3.05) is 13.7 Å². The van der Waals surface area contributed by atoms with Gasteiger partial charge in [-0.25, -0.2) is 4.68 Å². The molecule has 1 fully saturated rings. The third-order valence-electron chi connectivity index (χ3n) is 5.30. The number of hydrogen-bond acceptors (Lipinski definition) is 4. The molecule has 2 aromatic carbocycles. The van der Waals surface area contributed by atoms with Crippen LogP contribution in [0.3, 0.4) is 0 Å². The Morgan fingerprint density at radius 3 is 2.50 bits per heavy atom. The maximum absolute atomic E-state index is 12.3. The third kappa shape index (κ3) is 4.82. The summed E-state index contributed by atoms with van der Waals surface area (Å²) in [6.45, 7) is 2.74. The summed E-state index contributed by atoms with van der Waals surface area (Å²) in [6, 6.07) is 17.3. The topological polar surface area (TPSA) is 65.4 Å². The minimum atomic E-state index is 0.0733. The van der Waals surface area contributed by atoms with Crippen molar-refractivity contribution in [2.24, 2.45) is 5.92 Å². The van der Waals surface area contributed by atoms with Gasteiger partial charge in [-0.05, 0) is 68.5 Å². The summed E-state index contributed by atoms with van der Waals surface area (Å²) in [5, 5.41) is 7.75. The maximum Gasteiger partial charge on any atom is 0.226 e. The van der Waals surface area contributed by atoms with E-state index in [1.165, 1.54) is 12.8 Å². The van der Waals surface area contributed by atoms with E-state index >= 15 is 0 Å². The SMILES string of the molecule is COc1ccc(-n2nc(C)c(CCC(=O)NCC3CC3)c2Oc2ccccc2)cc1. The Morgan fingerprint density at radius 1 is 1.10 bits per heavy atom. The van der Waals surface area contributed by atoms with Crippen molar-refractivity contribution in [2.45, 2.75) is 32.6 Å². The fourth-order valence-corrected chi connectivity index (χ4v) is 3.34. The Morgan fingerprint density at radius 2 is 1.83 bits per heavy atom. The molecule has 1 heterocycles. The van der Waals surface area contributed by atoms with E-state index in [-0.39, 0.29) is 5.91 Å².